The average molecular weight is 450 g/mol. The first-order valence-corrected chi connectivity index (χ1v) is 11.0. The Labute approximate surface area is 190 Å². The fourth-order valence-corrected chi connectivity index (χ4v) is 4.49. The maximum absolute atomic E-state index is 13.2. The van der Waals surface area contributed by atoms with E-state index in [1.165, 1.54) is 16.2 Å². The van der Waals surface area contributed by atoms with Gasteiger partial charge in [0.1, 0.15) is 16.5 Å². The monoisotopic (exact) mass is 449 g/mol. The van der Waals surface area contributed by atoms with Crippen molar-refractivity contribution in [2.75, 3.05) is 11.5 Å². The summed E-state index contributed by atoms with van der Waals surface area (Å²) in [5.74, 6) is -1.02. The van der Waals surface area contributed by atoms with Crippen LogP contribution in [0.3, 0.4) is 0 Å². The molecule has 2 heterocycles. The summed E-state index contributed by atoms with van der Waals surface area (Å²) in [5, 5.41) is 20.4. The molecule has 164 valence electrons. The Morgan fingerprint density at radius 1 is 1.09 bits per heavy atom. The van der Waals surface area contributed by atoms with E-state index in [4.69, 9.17) is 4.74 Å². The lowest BCUT2D eigenvalue weighted by molar-refractivity contribution is -0.132. The second kappa shape index (κ2) is 8.55. The molecule has 7 nitrogen and oxygen atoms in total. The number of carbonyl (C=O) groups excluding carboxylic acids is 2. The molecule has 1 aliphatic heterocycles. The van der Waals surface area contributed by atoms with Gasteiger partial charge in [-0.1, -0.05) is 41.2 Å². The summed E-state index contributed by atoms with van der Waals surface area (Å²) >= 11 is 1.22. The Bertz CT molecular complexity index is 1230. The predicted octanol–water partition coefficient (Wildman–Crippen LogP) is 4.49. The van der Waals surface area contributed by atoms with E-state index in [1.54, 1.807) is 31.2 Å². The average Bonchev–Trinajstić information content (AvgIpc) is 3.31. The molecule has 1 N–H and O–H groups in total. The van der Waals surface area contributed by atoms with Gasteiger partial charge in [0, 0.05) is 5.56 Å². The highest BCUT2D eigenvalue weighted by Gasteiger charge is 2.48. The summed E-state index contributed by atoms with van der Waals surface area (Å²) in [4.78, 5) is 27.6. The van der Waals surface area contributed by atoms with E-state index in [1.807, 2.05) is 39.0 Å². The van der Waals surface area contributed by atoms with E-state index in [2.05, 4.69) is 10.2 Å². The van der Waals surface area contributed by atoms with Gasteiger partial charge in [0.05, 0.1) is 18.2 Å². The molecule has 1 atom stereocenters. The summed E-state index contributed by atoms with van der Waals surface area (Å²) in [6, 6.07) is 11.9. The number of benzene rings is 2. The molecule has 0 bridgehead atoms. The number of aliphatic hydroxyl groups excluding tert-OH is 1. The molecule has 1 unspecified atom stereocenters. The van der Waals surface area contributed by atoms with Gasteiger partial charge < -0.3 is 9.84 Å². The summed E-state index contributed by atoms with van der Waals surface area (Å²) in [7, 11) is 0. The van der Waals surface area contributed by atoms with Gasteiger partial charge in [-0.2, -0.15) is 0 Å². The molecule has 1 aromatic heterocycles. The van der Waals surface area contributed by atoms with Crippen molar-refractivity contribution in [2.45, 2.75) is 33.7 Å². The Morgan fingerprint density at radius 2 is 1.81 bits per heavy atom. The molecule has 0 spiro atoms. The van der Waals surface area contributed by atoms with E-state index in [0.29, 0.717) is 33.6 Å². The lowest BCUT2D eigenvalue weighted by Crippen LogP contribution is -2.29. The van der Waals surface area contributed by atoms with Crippen molar-refractivity contribution in [1.29, 1.82) is 0 Å². The van der Waals surface area contributed by atoms with Crippen molar-refractivity contribution in [2.24, 2.45) is 0 Å². The fraction of sp³-hybridized carbons (Fsp3) is 0.250. The number of Topliss-reactive ketones (excluding diaryl/α,β-unsaturated/α-hetero) is 1. The van der Waals surface area contributed by atoms with Crippen LogP contribution in [0.1, 0.15) is 40.2 Å². The van der Waals surface area contributed by atoms with Crippen LogP contribution in [0.2, 0.25) is 0 Å². The quantitative estimate of drug-likeness (QED) is 0.351. The van der Waals surface area contributed by atoms with E-state index >= 15 is 0 Å². The molecule has 8 heteroatoms. The smallest absolute Gasteiger partial charge is 0.301 e. The first-order valence-electron chi connectivity index (χ1n) is 10.2. The van der Waals surface area contributed by atoms with Crippen LogP contribution in [0.5, 0.6) is 5.75 Å². The third-order valence-corrected chi connectivity index (χ3v) is 6.16. The van der Waals surface area contributed by atoms with Gasteiger partial charge in [0.25, 0.3) is 5.78 Å². The number of ether oxygens (including phenoxy) is 1. The topological polar surface area (TPSA) is 92.6 Å². The molecule has 32 heavy (non-hydrogen) atoms. The van der Waals surface area contributed by atoms with Crippen molar-refractivity contribution in [1.82, 2.24) is 10.2 Å². The second-order valence-electron chi connectivity index (χ2n) is 7.59. The summed E-state index contributed by atoms with van der Waals surface area (Å²) < 4.78 is 5.52. The molecule has 2 aromatic carbocycles. The minimum absolute atomic E-state index is 0.0284. The van der Waals surface area contributed by atoms with Crippen molar-refractivity contribution < 1.29 is 19.4 Å². The first-order chi connectivity index (χ1) is 15.3. The molecular weight excluding hydrogens is 426 g/mol. The number of hydrogen-bond acceptors (Lipinski definition) is 7. The molecule has 1 amide bonds. The normalized spacial score (nSPS) is 17.8. The Morgan fingerprint density at radius 3 is 2.44 bits per heavy atom. The molecule has 1 aliphatic rings. The number of aliphatic hydroxyl groups is 1. The van der Waals surface area contributed by atoms with Crippen LogP contribution in [0, 0.1) is 20.8 Å². The van der Waals surface area contributed by atoms with Gasteiger partial charge in [-0.3, -0.25) is 14.5 Å². The van der Waals surface area contributed by atoms with Crippen LogP contribution >= 0.6 is 11.3 Å². The summed E-state index contributed by atoms with van der Waals surface area (Å²) in [5.41, 5.74) is 2.95. The van der Waals surface area contributed by atoms with Crippen molar-refractivity contribution in [3.8, 4) is 5.75 Å². The van der Waals surface area contributed by atoms with E-state index in [9.17, 15) is 14.7 Å². The number of nitrogens with zero attached hydrogens (tertiary/aromatic N) is 3. The van der Waals surface area contributed by atoms with Crippen LogP contribution < -0.4 is 9.64 Å². The second-order valence-corrected chi connectivity index (χ2v) is 8.75. The molecule has 0 radical (unpaired) electrons. The first kappa shape index (κ1) is 21.7. The number of anilines is 1. The lowest BCUT2D eigenvalue weighted by Gasteiger charge is -2.23. The van der Waals surface area contributed by atoms with Gasteiger partial charge in [0.15, 0.2) is 0 Å². The van der Waals surface area contributed by atoms with Crippen molar-refractivity contribution in [3.63, 3.8) is 0 Å². The number of aromatic nitrogens is 2. The van der Waals surface area contributed by atoms with E-state index in [0.717, 1.165) is 11.1 Å². The highest BCUT2D eigenvalue weighted by molar-refractivity contribution is 7.15. The maximum atomic E-state index is 13.2. The zero-order valence-corrected chi connectivity index (χ0v) is 19.1. The van der Waals surface area contributed by atoms with Gasteiger partial charge in [-0.25, -0.2) is 0 Å². The van der Waals surface area contributed by atoms with Crippen LogP contribution in [-0.4, -0.2) is 33.6 Å². The number of ketones is 1. The third-order valence-electron chi connectivity index (χ3n) is 5.32. The Kier molecular flexibility index (Phi) is 5.80. The third kappa shape index (κ3) is 3.78. The zero-order valence-electron chi connectivity index (χ0n) is 18.2. The van der Waals surface area contributed by atoms with Gasteiger partial charge in [-0.15, -0.1) is 10.2 Å². The standard InChI is InChI=1S/C24H23N3O4S/c1-5-31-17-10-8-16(9-11-17)20-19(21(28)18-12-13(2)6-7-14(18)3)22(29)23(30)27(20)24-26-25-15(4)32-24/h6-12,20,28H,5H2,1-4H3/b21-19+. The maximum Gasteiger partial charge on any atom is 0.301 e. The van der Waals surface area contributed by atoms with Gasteiger partial charge >= 0.3 is 5.91 Å². The Balaban J connectivity index is 1.93. The highest BCUT2D eigenvalue weighted by atomic mass is 32.1. The highest BCUT2D eigenvalue weighted by Crippen LogP contribution is 2.43. The van der Waals surface area contributed by atoms with Gasteiger partial charge in [0.2, 0.25) is 5.13 Å². The van der Waals surface area contributed by atoms with Crippen LogP contribution in [0.25, 0.3) is 5.76 Å². The molecule has 4 rings (SSSR count). The number of rotatable bonds is 5. The number of carbonyl (C=O) groups is 2. The van der Waals surface area contributed by atoms with E-state index < -0.39 is 17.7 Å². The van der Waals surface area contributed by atoms with Gasteiger partial charge in [-0.05, 0) is 57.0 Å². The minimum Gasteiger partial charge on any atom is -0.507 e. The molecule has 1 saturated heterocycles. The molecular formula is C24H23N3O4S. The van der Waals surface area contributed by atoms with Crippen LogP contribution in [0.4, 0.5) is 5.13 Å². The van der Waals surface area contributed by atoms with E-state index in [-0.39, 0.29) is 11.3 Å². The molecule has 1 fully saturated rings. The number of hydrogen-bond donors (Lipinski definition) is 1. The van der Waals surface area contributed by atoms with Crippen molar-refractivity contribution in [3.05, 3.63) is 75.3 Å². The number of amides is 1. The Hall–Kier alpha value is -3.52. The van der Waals surface area contributed by atoms with Crippen molar-refractivity contribution >= 4 is 33.9 Å². The predicted molar refractivity (Wildman–Crippen MR) is 123 cm³/mol. The number of aryl methyl sites for hydroxylation is 3. The zero-order chi connectivity index (χ0) is 23.0. The fourth-order valence-electron chi connectivity index (χ4n) is 3.78. The largest absolute Gasteiger partial charge is 0.507 e. The molecule has 3 aromatic rings. The molecule has 0 aliphatic carbocycles. The molecule has 0 saturated carbocycles. The van der Waals surface area contributed by atoms with Crippen LogP contribution in [-0.2, 0) is 9.59 Å². The van der Waals surface area contributed by atoms with Crippen LogP contribution in [0.15, 0.2) is 48.0 Å². The minimum atomic E-state index is -0.835. The SMILES string of the molecule is CCOc1ccc(C2/C(=C(\O)c3cc(C)ccc3C)C(=O)C(=O)N2c2nnc(C)s2)cc1. The summed E-state index contributed by atoms with van der Waals surface area (Å²) in [6.07, 6.45) is 0. The summed E-state index contributed by atoms with van der Waals surface area (Å²) in [6.45, 7) is 7.95. The lowest BCUT2D eigenvalue weighted by atomic mass is 9.93.